The topological polar surface area (TPSA) is 37.4 Å². The molecule has 3 rings (SSSR count). The first-order valence-electron chi connectivity index (χ1n) is 6.99. The molecular weight excluding hydrogens is 424 g/mol. The van der Waals surface area contributed by atoms with Crippen LogP contribution < -0.4 is 0 Å². The van der Waals surface area contributed by atoms with E-state index >= 15 is 0 Å². The van der Waals surface area contributed by atoms with Gasteiger partial charge in [0.15, 0.2) is 0 Å². The number of carbonyl (C=O) groups is 2. The second kappa shape index (κ2) is 7.60. The molecule has 0 unspecified atom stereocenters. The summed E-state index contributed by atoms with van der Waals surface area (Å²) in [6, 6.07) is 9.91. The van der Waals surface area contributed by atoms with E-state index in [0.717, 1.165) is 16.7 Å². The van der Waals surface area contributed by atoms with Crippen LogP contribution in [-0.4, -0.2) is 16.0 Å². The standard InChI is InChI=1S/C17H9Cl4NO2S/c18-11-3-2-10(13(20)7-11)6-15-16(23)22(17(24)25-15)8-9-1-4-12(19)14(21)5-9/h1-7H,8H2/b15-6-. The van der Waals surface area contributed by atoms with Crippen LogP contribution in [0.25, 0.3) is 6.08 Å². The highest BCUT2D eigenvalue weighted by atomic mass is 35.5. The van der Waals surface area contributed by atoms with Gasteiger partial charge in [0.1, 0.15) is 0 Å². The number of amides is 2. The molecule has 0 bridgehead atoms. The summed E-state index contributed by atoms with van der Waals surface area (Å²) in [7, 11) is 0. The number of hydrogen-bond donors (Lipinski definition) is 0. The van der Waals surface area contributed by atoms with E-state index in [0.29, 0.717) is 36.1 Å². The average molecular weight is 433 g/mol. The summed E-state index contributed by atoms with van der Waals surface area (Å²) in [5, 5.41) is 1.33. The van der Waals surface area contributed by atoms with E-state index in [2.05, 4.69) is 0 Å². The summed E-state index contributed by atoms with van der Waals surface area (Å²) in [5.74, 6) is -0.382. The fraction of sp³-hybridized carbons (Fsp3) is 0.0588. The van der Waals surface area contributed by atoms with Gasteiger partial charge in [-0.1, -0.05) is 58.5 Å². The summed E-state index contributed by atoms with van der Waals surface area (Å²) >= 11 is 24.7. The highest BCUT2D eigenvalue weighted by Gasteiger charge is 2.35. The van der Waals surface area contributed by atoms with Crippen molar-refractivity contribution in [1.82, 2.24) is 4.90 Å². The maximum Gasteiger partial charge on any atom is 0.293 e. The zero-order valence-electron chi connectivity index (χ0n) is 12.4. The normalized spacial score (nSPS) is 16.2. The van der Waals surface area contributed by atoms with Gasteiger partial charge in [0.25, 0.3) is 11.1 Å². The van der Waals surface area contributed by atoms with Gasteiger partial charge < -0.3 is 0 Å². The van der Waals surface area contributed by atoms with Gasteiger partial charge in [-0.15, -0.1) is 0 Å². The number of thioether (sulfide) groups is 1. The van der Waals surface area contributed by atoms with Gasteiger partial charge in [-0.25, -0.2) is 0 Å². The minimum absolute atomic E-state index is 0.118. The molecule has 1 saturated heterocycles. The fourth-order valence-electron chi connectivity index (χ4n) is 2.22. The monoisotopic (exact) mass is 431 g/mol. The minimum atomic E-state index is -0.382. The summed E-state index contributed by atoms with van der Waals surface area (Å²) in [4.78, 5) is 26.2. The summed E-state index contributed by atoms with van der Waals surface area (Å²) < 4.78 is 0. The van der Waals surface area contributed by atoms with E-state index in [-0.39, 0.29) is 17.7 Å². The number of hydrogen-bond acceptors (Lipinski definition) is 3. The molecule has 0 radical (unpaired) electrons. The predicted molar refractivity (Wildman–Crippen MR) is 104 cm³/mol. The predicted octanol–water partition coefficient (Wildman–Crippen LogP) is 6.54. The van der Waals surface area contributed by atoms with Crippen molar-refractivity contribution in [2.75, 3.05) is 0 Å². The first-order chi connectivity index (χ1) is 11.8. The van der Waals surface area contributed by atoms with Gasteiger partial charge in [0.05, 0.1) is 21.5 Å². The lowest BCUT2D eigenvalue weighted by molar-refractivity contribution is -0.123. The van der Waals surface area contributed by atoms with Crippen LogP contribution in [0.2, 0.25) is 20.1 Å². The van der Waals surface area contributed by atoms with Crippen LogP contribution in [0.4, 0.5) is 4.79 Å². The molecule has 2 aromatic rings. The second-order valence-electron chi connectivity index (χ2n) is 5.18. The van der Waals surface area contributed by atoms with Crippen LogP contribution in [0.15, 0.2) is 41.3 Å². The molecular formula is C17H9Cl4NO2S. The number of imide groups is 1. The van der Waals surface area contributed by atoms with Gasteiger partial charge in [0, 0.05) is 10.0 Å². The molecule has 0 saturated carbocycles. The molecule has 0 atom stereocenters. The Bertz CT molecular complexity index is 914. The minimum Gasteiger partial charge on any atom is -0.268 e. The number of halogens is 4. The highest BCUT2D eigenvalue weighted by molar-refractivity contribution is 8.18. The number of rotatable bonds is 3. The van der Waals surface area contributed by atoms with Gasteiger partial charge in [-0.05, 0) is 53.2 Å². The SMILES string of the molecule is O=C1S/C(=C\c2ccc(Cl)cc2Cl)C(=O)N1Cc1ccc(Cl)c(Cl)c1. The van der Waals surface area contributed by atoms with Gasteiger partial charge in [-0.2, -0.15) is 0 Å². The molecule has 1 aliphatic heterocycles. The Balaban J connectivity index is 1.84. The van der Waals surface area contributed by atoms with Crippen LogP contribution >= 0.6 is 58.2 Å². The van der Waals surface area contributed by atoms with Crippen molar-refractivity contribution in [3.8, 4) is 0 Å². The van der Waals surface area contributed by atoms with Crippen LogP contribution in [0.1, 0.15) is 11.1 Å². The summed E-state index contributed by atoms with van der Waals surface area (Å²) in [5.41, 5.74) is 1.33. The van der Waals surface area contributed by atoms with Gasteiger partial charge in [-0.3, -0.25) is 14.5 Å². The Labute approximate surface area is 168 Å². The Morgan fingerprint density at radius 3 is 2.36 bits per heavy atom. The summed E-state index contributed by atoms with van der Waals surface area (Å²) in [6.07, 6.45) is 1.58. The van der Waals surface area contributed by atoms with Crippen molar-refractivity contribution in [3.63, 3.8) is 0 Å². The van der Waals surface area contributed by atoms with Gasteiger partial charge in [0.2, 0.25) is 0 Å². The zero-order chi connectivity index (χ0) is 18.1. The Morgan fingerprint density at radius 1 is 0.920 bits per heavy atom. The lowest BCUT2D eigenvalue weighted by atomic mass is 10.2. The molecule has 2 aromatic carbocycles. The third-order valence-electron chi connectivity index (χ3n) is 3.45. The van der Waals surface area contributed by atoms with Crippen molar-refractivity contribution in [2.24, 2.45) is 0 Å². The molecule has 1 heterocycles. The molecule has 3 nitrogen and oxygen atoms in total. The molecule has 8 heteroatoms. The van der Waals surface area contributed by atoms with Crippen LogP contribution in [0.3, 0.4) is 0 Å². The maximum atomic E-state index is 12.5. The van der Waals surface area contributed by atoms with E-state index in [1.54, 1.807) is 42.5 Å². The van der Waals surface area contributed by atoms with E-state index in [9.17, 15) is 9.59 Å². The molecule has 0 aromatic heterocycles. The fourth-order valence-corrected chi connectivity index (χ4v) is 3.83. The van der Waals surface area contributed by atoms with E-state index in [1.165, 1.54) is 0 Å². The first-order valence-corrected chi connectivity index (χ1v) is 9.32. The van der Waals surface area contributed by atoms with Crippen LogP contribution in [0.5, 0.6) is 0 Å². The van der Waals surface area contributed by atoms with Crippen molar-refractivity contribution >= 4 is 75.4 Å². The van der Waals surface area contributed by atoms with Crippen LogP contribution in [0, 0.1) is 0 Å². The molecule has 0 N–H and O–H groups in total. The zero-order valence-corrected chi connectivity index (χ0v) is 16.3. The largest absolute Gasteiger partial charge is 0.293 e. The van der Waals surface area contributed by atoms with Crippen molar-refractivity contribution in [3.05, 3.63) is 72.5 Å². The molecule has 2 amide bonds. The molecule has 0 aliphatic carbocycles. The van der Waals surface area contributed by atoms with Crippen molar-refractivity contribution in [1.29, 1.82) is 0 Å². The quantitative estimate of drug-likeness (QED) is 0.517. The number of benzene rings is 2. The van der Waals surface area contributed by atoms with Crippen LogP contribution in [-0.2, 0) is 11.3 Å². The molecule has 0 spiro atoms. The smallest absolute Gasteiger partial charge is 0.268 e. The van der Waals surface area contributed by atoms with Crippen molar-refractivity contribution < 1.29 is 9.59 Å². The average Bonchev–Trinajstić information content (AvgIpc) is 2.81. The second-order valence-corrected chi connectivity index (χ2v) is 7.83. The lowest BCUT2D eigenvalue weighted by Crippen LogP contribution is -2.27. The first kappa shape index (κ1) is 18.6. The summed E-state index contributed by atoms with van der Waals surface area (Å²) in [6.45, 7) is 0.118. The lowest BCUT2D eigenvalue weighted by Gasteiger charge is -2.13. The number of carbonyl (C=O) groups excluding carboxylic acids is 2. The molecule has 128 valence electrons. The number of nitrogens with zero attached hydrogens (tertiary/aromatic N) is 1. The van der Waals surface area contributed by atoms with Gasteiger partial charge >= 0.3 is 0 Å². The third-order valence-corrected chi connectivity index (χ3v) is 5.66. The Morgan fingerprint density at radius 2 is 1.68 bits per heavy atom. The van der Waals surface area contributed by atoms with E-state index in [4.69, 9.17) is 46.4 Å². The third kappa shape index (κ3) is 4.15. The maximum absolute atomic E-state index is 12.5. The van der Waals surface area contributed by atoms with Crippen molar-refractivity contribution in [2.45, 2.75) is 6.54 Å². The Hall–Kier alpha value is -1.17. The van der Waals surface area contributed by atoms with E-state index < -0.39 is 0 Å². The molecule has 25 heavy (non-hydrogen) atoms. The molecule has 1 aliphatic rings. The Kier molecular flexibility index (Phi) is 5.66. The molecule has 1 fully saturated rings. The highest BCUT2D eigenvalue weighted by Crippen LogP contribution is 2.35. The van der Waals surface area contributed by atoms with E-state index in [1.807, 2.05) is 0 Å².